The maximum atomic E-state index is 6.05. The van der Waals surface area contributed by atoms with E-state index in [9.17, 15) is 0 Å². The maximum absolute atomic E-state index is 6.05. The highest BCUT2D eigenvalue weighted by Crippen LogP contribution is 2.28. The molecule has 1 aromatic carbocycles. The predicted molar refractivity (Wildman–Crippen MR) is 82.6 cm³/mol. The van der Waals surface area contributed by atoms with Crippen LogP contribution in [-0.4, -0.2) is 38.1 Å². The number of anilines is 1. The first-order valence-electron chi connectivity index (χ1n) is 6.37. The molecule has 100 valence electrons. The van der Waals surface area contributed by atoms with Gasteiger partial charge in [-0.05, 0) is 56.7 Å². The quantitative estimate of drug-likeness (QED) is 0.779. The lowest BCUT2D eigenvalue weighted by Gasteiger charge is -2.37. The number of piperidine rings is 1. The molecule has 0 aliphatic carbocycles. The summed E-state index contributed by atoms with van der Waals surface area (Å²) in [5, 5.41) is 0. The summed E-state index contributed by atoms with van der Waals surface area (Å²) >= 11 is 9.56. The highest BCUT2D eigenvalue weighted by Gasteiger charge is 2.22. The molecule has 1 saturated heterocycles. The topological polar surface area (TPSA) is 6.48 Å². The lowest BCUT2D eigenvalue weighted by Crippen LogP contribution is -2.42. The molecular formula is C14H20BrClN2. The molecule has 1 aromatic rings. The molecule has 0 N–H and O–H groups in total. The van der Waals surface area contributed by atoms with Crippen molar-refractivity contribution in [1.29, 1.82) is 0 Å². The largest absolute Gasteiger partial charge is 0.371 e. The Morgan fingerprint density at radius 1 is 1.39 bits per heavy atom. The zero-order chi connectivity index (χ0) is 13.1. The second kappa shape index (κ2) is 6.27. The third kappa shape index (κ3) is 3.19. The molecule has 2 nitrogen and oxygen atoms in total. The Morgan fingerprint density at radius 2 is 2.06 bits per heavy atom. The molecule has 0 atom stereocenters. The minimum atomic E-state index is 0.561. The Hall–Kier alpha value is -0.250. The minimum absolute atomic E-state index is 0.561. The van der Waals surface area contributed by atoms with Gasteiger partial charge in [0.25, 0.3) is 0 Å². The zero-order valence-electron chi connectivity index (χ0n) is 11.0. The Kier molecular flexibility index (Phi) is 4.93. The molecule has 0 unspecified atom stereocenters. The molecule has 1 aliphatic heterocycles. The van der Waals surface area contributed by atoms with E-state index in [-0.39, 0.29) is 0 Å². The van der Waals surface area contributed by atoms with Crippen molar-refractivity contribution < 1.29 is 0 Å². The Morgan fingerprint density at radius 3 is 2.67 bits per heavy atom. The van der Waals surface area contributed by atoms with Crippen LogP contribution in [0.2, 0.25) is 0 Å². The van der Waals surface area contributed by atoms with Crippen LogP contribution in [0.15, 0.2) is 22.7 Å². The lowest BCUT2D eigenvalue weighted by molar-refractivity contribution is 0.253. The van der Waals surface area contributed by atoms with Crippen LogP contribution in [0.3, 0.4) is 0 Å². The van der Waals surface area contributed by atoms with Gasteiger partial charge in [-0.3, -0.25) is 0 Å². The van der Waals surface area contributed by atoms with Crippen LogP contribution in [0.5, 0.6) is 0 Å². The highest BCUT2D eigenvalue weighted by atomic mass is 79.9. The van der Waals surface area contributed by atoms with Crippen LogP contribution >= 0.6 is 27.5 Å². The summed E-state index contributed by atoms with van der Waals surface area (Å²) in [5.74, 6) is 0.561. The van der Waals surface area contributed by atoms with Crippen LogP contribution in [-0.2, 0) is 5.88 Å². The smallest absolute Gasteiger partial charge is 0.0494 e. The SMILES string of the molecule is CN1CCC(N(C)c2ccc(Br)cc2CCl)CC1. The van der Waals surface area contributed by atoms with Crippen LogP contribution in [0.1, 0.15) is 18.4 Å². The molecule has 2 rings (SSSR count). The van der Waals surface area contributed by atoms with Crippen molar-refractivity contribution >= 4 is 33.2 Å². The molecular weight excluding hydrogens is 312 g/mol. The second-order valence-electron chi connectivity index (χ2n) is 5.05. The molecule has 1 fully saturated rings. The maximum Gasteiger partial charge on any atom is 0.0494 e. The molecule has 18 heavy (non-hydrogen) atoms. The van der Waals surface area contributed by atoms with E-state index in [2.05, 4.69) is 58.0 Å². The van der Waals surface area contributed by atoms with Gasteiger partial charge in [0, 0.05) is 29.1 Å². The van der Waals surface area contributed by atoms with Crippen molar-refractivity contribution in [2.24, 2.45) is 0 Å². The van der Waals surface area contributed by atoms with Gasteiger partial charge in [-0.25, -0.2) is 0 Å². The van der Waals surface area contributed by atoms with Crippen molar-refractivity contribution in [3.05, 3.63) is 28.2 Å². The monoisotopic (exact) mass is 330 g/mol. The fraction of sp³-hybridized carbons (Fsp3) is 0.571. The van der Waals surface area contributed by atoms with E-state index in [4.69, 9.17) is 11.6 Å². The third-order valence-electron chi connectivity index (χ3n) is 3.80. The van der Waals surface area contributed by atoms with Crippen molar-refractivity contribution in [3.63, 3.8) is 0 Å². The Bertz CT molecular complexity index is 403. The standard InChI is InChI=1S/C14H20BrClN2/c1-17-7-5-13(6-8-17)18(2)14-4-3-12(15)9-11(14)10-16/h3-4,9,13H,5-8,10H2,1-2H3. The van der Waals surface area contributed by atoms with Crippen molar-refractivity contribution in [3.8, 4) is 0 Å². The Labute approximate surface area is 123 Å². The minimum Gasteiger partial charge on any atom is -0.371 e. The van der Waals surface area contributed by atoms with Gasteiger partial charge < -0.3 is 9.80 Å². The molecule has 4 heteroatoms. The summed E-state index contributed by atoms with van der Waals surface area (Å²) in [6, 6.07) is 7.01. The van der Waals surface area contributed by atoms with Gasteiger partial charge in [0.2, 0.25) is 0 Å². The van der Waals surface area contributed by atoms with Crippen LogP contribution in [0, 0.1) is 0 Å². The van der Waals surface area contributed by atoms with E-state index in [1.165, 1.54) is 37.2 Å². The van der Waals surface area contributed by atoms with Crippen molar-refractivity contribution in [2.75, 3.05) is 32.1 Å². The molecule has 1 aliphatic rings. The lowest BCUT2D eigenvalue weighted by atomic mass is 10.0. The first kappa shape index (κ1) is 14.2. The number of rotatable bonds is 3. The molecule has 0 aromatic heterocycles. The van der Waals surface area contributed by atoms with Crippen LogP contribution in [0.4, 0.5) is 5.69 Å². The molecule has 0 saturated carbocycles. The normalized spacial score (nSPS) is 18.0. The average Bonchev–Trinajstić information content (AvgIpc) is 2.38. The number of hydrogen-bond donors (Lipinski definition) is 0. The zero-order valence-corrected chi connectivity index (χ0v) is 13.3. The number of hydrogen-bond acceptors (Lipinski definition) is 2. The molecule has 0 bridgehead atoms. The number of halogens is 2. The fourth-order valence-electron chi connectivity index (χ4n) is 2.58. The van der Waals surface area contributed by atoms with Gasteiger partial charge >= 0.3 is 0 Å². The van der Waals surface area contributed by atoms with Crippen LogP contribution in [0.25, 0.3) is 0 Å². The van der Waals surface area contributed by atoms with E-state index in [1.54, 1.807) is 0 Å². The number of benzene rings is 1. The average molecular weight is 332 g/mol. The molecule has 0 radical (unpaired) electrons. The fourth-order valence-corrected chi connectivity index (χ4v) is 3.21. The first-order chi connectivity index (χ1) is 8.61. The third-order valence-corrected chi connectivity index (χ3v) is 4.58. The number of alkyl halides is 1. The molecule has 0 spiro atoms. The number of likely N-dealkylation sites (tertiary alicyclic amines) is 1. The second-order valence-corrected chi connectivity index (χ2v) is 6.23. The van der Waals surface area contributed by atoms with E-state index >= 15 is 0 Å². The molecule has 0 amide bonds. The van der Waals surface area contributed by atoms with Gasteiger partial charge in [0.1, 0.15) is 0 Å². The summed E-state index contributed by atoms with van der Waals surface area (Å²) in [6.07, 6.45) is 2.45. The van der Waals surface area contributed by atoms with Gasteiger partial charge in [-0.1, -0.05) is 15.9 Å². The highest BCUT2D eigenvalue weighted by molar-refractivity contribution is 9.10. The van der Waals surface area contributed by atoms with Gasteiger partial charge in [0.15, 0.2) is 0 Å². The van der Waals surface area contributed by atoms with E-state index in [0.29, 0.717) is 11.9 Å². The summed E-state index contributed by atoms with van der Waals surface area (Å²) in [5.41, 5.74) is 2.47. The predicted octanol–water partition coefficient (Wildman–Crippen LogP) is 3.72. The first-order valence-corrected chi connectivity index (χ1v) is 7.70. The van der Waals surface area contributed by atoms with E-state index in [0.717, 1.165) is 4.47 Å². The van der Waals surface area contributed by atoms with Gasteiger partial charge in [-0.15, -0.1) is 11.6 Å². The van der Waals surface area contributed by atoms with E-state index < -0.39 is 0 Å². The Balaban J connectivity index is 2.15. The van der Waals surface area contributed by atoms with Gasteiger partial charge in [0.05, 0.1) is 0 Å². The van der Waals surface area contributed by atoms with E-state index in [1.807, 2.05) is 0 Å². The van der Waals surface area contributed by atoms with Crippen molar-refractivity contribution in [1.82, 2.24) is 4.90 Å². The summed E-state index contributed by atoms with van der Waals surface area (Å²) < 4.78 is 1.10. The summed E-state index contributed by atoms with van der Waals surface area (Å²) in [6.45, 7) is 2.36. The van der Waals surface area contributed by atoms with Crippen molar-refractivity contribution in [2.45, 2.75) is 24.8 Å². The summed E-state index contributed by atoms with van der Waals surface area (Å²) in [7, 11) is 4.38. The number of nitrogens with zero attached hydrogens (tertiary/aromatic N) is 2. The van der Waals surface area contributed by atoms with Gasteiger partial charge in [-0.2, -0.15) is 0 Å². The summed E-state index contributed by atoms with van der Waals surface area (Å²) in [4.78, 5) is 4.80. The molecule has 1 heterocycles. The van der Waals surface area contributed by atoms with Crippen LogP contribution < -0.4 is 4.90 Å².